The van der Waals surface area contributed by atoms with Gasteiger partial charge in [0.05, 0.1) is 51.9 Å². The summed E-state index contributed by atoms with van der Waals surface area (Å²) in [6, 6.07) is 15.0. The van der Waals surface area contributed by atoms with Gasteiger partial charge in [-0.15, -0.1) is 0 Å². The predicted octanol–water partition coefficient (Wildman–Crippen LogP) is 3.66. The van der Waals surface area contributed by atoms with Crippen LogP contribution in [0, 0.1) is 0 Å². The molecule has 3 N–H and O–H groups in total. The van der Waals surface area contributed by atoms with Crippen molar-refractivity contribution in [1.82, 2.24) is 25.0 Å². The number of aryl methyl sites for hydroxylation is 1. The first-order valence-electron chi connectivity index (χ1n) is 17.6. The Morgan fingerprint density at radius 1 is 0.865 bits per heavy atom. The minimum atomic E-state index is -0.643. The van der Waals surface area contributed by atoms with Gasteiger partial charge in [-0.2, -0.15) is 5.10 Å². The van der Waals surface area contributed by atoms with Gasteiger partial charge in [0.2, 0.25) is 11.8 Å². The van der Waals surface area contributed by atoms with Crippen LogP contribution in [0.15, 0.2) is 72.3 Å². The van der Waals surface area contributed by atoms with Crippen LogP contribution in [0.4, 0.5) is 5.69 Å². The summed E-state index contributed by atoms with van der Waals surface area (Å²) in [6.07, 6.45) is 7.69. The molecule has 52 heavy (non-hydrogen) atoms. The van der Waals surface area contributed by atoms with Crippen LogP contribution in [-0.4, -0.2) is 101 Å². The number of hydrogen-bond acceptors (Lipinski definition) is 11. The average Bonchev–Trinajstić information content (AvgIpc) is 3.88. The normalized spacial score (nSPS) is 17.5. The van der Waals surface area contributed by atoms with Gasteiger partial charge in [-0.05, 0) is 54.7 Å². The van der Waals surface area contributed by atoms with E-state index < -0.39 is 11.9 Å². The van der Waals surface area contributed by atoms with Gasteiger partial charge in [0, 0.05) is 71.6 Å². The smallest absolute Gasteiger partial charge is 0.255 e. The van der Waals surface area contributed by atoms with Crippen molar-refractivity contribution in [3.05, 3.63) is 89.4 Å². The first-order chi connectivity index (χ1) is 25.5. The van der Waals surface area contributed by atoms with Crippen molar-refractivity contribution >= 4 is 29.1 Å². The highest BCUT2D eigenvalue weighted by molar-refractivity contribution is 6.06. The number of aromatic nitrogens is 3. The number of carbonyl (C=O) groups is 3. The van der Waals surface area contributed by atoms with Crippen molar-refractivity contribution in [1.29, 1.82) is 0 Å². The van der Waals surface area contributed by atoms with Gasteiger partial charge < -0.3 is 29.6 Å². The number of oxime groups is 1. The lowest BCUT2D eigenvalue weighted by Gasteiger charge is -2.29. The number of carbonyl (C=O) groups excluding carboxylic acids is 3. The largest absolute Gasteiger partial charge is 0.411 e. The molecule has 0 radical (unpaired) electrons. The fourth-order valence-corrected chi connectivity index (χ4v) is 6.92. The van der Waals surface area contributed by atoms with E-state index in [9.17, 15) is 19.6 Å². The number of benzene rings is 2. The van der Waals surface area contributed by atoms with Crippen LogP contribution < -0.4 is 10.6 Å². The van der Waals surface area contributed by atoms with E-state index in [4.69, 9.17) is 19.3 Å². The summed E-state index contributed by atoms with van der Waals surface area (Å²) in [5.74, 6) is -0.922. The molecule has 270 valence electrons. The number of pyridine rings is 1. The highest BCUT2D eigenvalue weighted by Gasteiger charge is 2.39. The highest BCUT2D eigenvalue weighted by atomic mass is 16.5. The monoisotopic (exact) mass is 707 g/mol. The molecule has 4 aromatic rings. The highest BCUT2D eigenvalue weighted by Crippen LogP contribution is 2.35. The number of anilines is 1. The van der Waals surface area contributed by atoms with Gasteiger partial charge in [0.1, 0.15) is 11.7 Å². The summed E-state index contributed by atoms with van der Waals surface area (Å²) >= 11 is 0. The predicted molar refractivity (Wildman–Crippen MR) is 191 cm³/mol. The second-order valence-corrected chi connectivity index (χ2v) is 12.8. The van der Waals surface area contributed by atoms with Crippen LogP contribution in [0.25, 0.3) is 22.4 Å². The lowest BCUT2D eigenvalue weighted by molar-refractivity contribution is -0.136. The van der Waals surface area contributed by atoms with Crippen molar-refractivity contribution in [2.24, 2.45) is 5.16 Å². The van der Waals surface area contributed by atoms with E-state index in [1.165, 1.54) is 5.56 Å². The fourth-order valence-electron chi connectivity index (χ4n) is 6.92. The standard InChI is InChI=1S/C38H41N7O7/c46-35-9-8-34(37(47)41-35)45-24-31-29(38(45)48)2-1-3-32(31)40-14-16-50-18-20-52-21-19-51-17-15-44-23-30(36(42-44)25-10-12-39-13-11-25)27-4-6-28-26(22-27)5-7-33(28)43-49/h1-4,6,10-13,22-23,34,40,49H,5,7-9,14-21,24H2,(H,41,46,47)/b43-33+. The molecular weight excluding hydrogens is 666 g/mol. The number of fused-ring (bicyclic) bond motifs is 2. The molecule has 3 amide bonds. The molecule has 1 saturated heterocycles. The first-order valence-corrected chi connectivity index (χ1v) is 17.6. The number of rotatable bonds is 16. The van der Waals surface area contributed by atoms with Crippen LogP contribution >= 0.6 is 0 Å². The Kier molecular flexibility index (Phi) is 10.9. The maximum Gasteiger partial charge on any atom is 0.255 e. The summed E-state index contributed by atoms with van der Waals surface area (Å²) in [7, 11) is 0. The SMILES string of the molecule is O=C1CCC(N2Cc3c(NCCOCCOCCOCCn4cc(-c5ccc6c(c5)CC/C6=N\O)c(-c5ccncc5)n4)cccc3C2=O)C(=O)N1. The number of nitrogens with one attached hydrogen (secondary N) is 2. The Morgan fingerprint density at radius 2 is 1.65 bits per heavy atom. The summed E-state index contributed by atoms with van der Waals surface area (Å²) < 4.78 is 19.1. The van der Waals surface area contributed by atoms with E-state index in [0.717, 1.165) is 57.8 Å². The van der Waals surface area contributed by atoms with E-state index in [1.807, 2.05) is 47.3 Å². The number of amides is 3. The summed E-state index contributed by atoms with van der Waals surface area (Å²) in [5, 5.41) is 23.3. The van der Waals surface area contributed by atoms with Crippen LogP contribution in [0.3, 0.4) is 0 Å². The molecule has 4 heterocycles. The quantitative estimate of drug-likeness (QED) is 0.0676. The lowest BCUT2D eigenvalue weighted by Crippen LogP contribution is -2.52. The molecular formula is C38H41N7O7. The minimum Gasteiger partial charge on any atom is -0.411 e. The van der Waals surface area contributed by atoms with Crippen molar-refractivity contribution in [3.63, 3.8) is 0 Å². The molecule has 0 spiro atoms. The van der Waals surface area contributed by atoms with E-state index in [2.05, 4.69) is 26.8 Å². The third-order valence-electron chi connectivity index (χ3n) is 9.55. The third-order valence-corrected chi connectivity index (χ3v) is 9.55. The molecule has 7 rings (SSSR count). The molecule has 2 aromatic heterocycles. The number of piperidine rings is 1. The molecule has 2 aliphatic heterocycles. The molecule has 0 bridgehead atoms. The number of nitrogens with zero attached hydrogens (tertiary/aromatic N) is 5. The molecule has 1 unspecified atom stereocenters. The molecule has 1 aliphatic carbocycles. The van der Waals surface area contributed by atoms with Gasteiger partial charge in [-0.25, -0.2) is 0 Å². The van der Waals surface area contributed by atoms with Gasteiger partial charge in [0.25, 0.3) is 5.91 Å². The maximum atomic E-state index is 13.0. The Hall–Kier alpha value is -5.44. The molecule has 0 saturated carbocycles. The van der Waals surface area contributed by atoms with Gasteiger partial charge in [0.15, 0.2) is 0 Å². The van der Waals surface area contributed by atoms with Crippen molar-refractivity contribution in [2.45, 2.75) is 44.8 Å². The Bertz CT molecular complexity index is 1960. The molecule has 1 fully saturated rings. The first kappa shape index (κ1) is 35.0. The second kappa shape index (κ2) is 16.3. The zero-order chi connectivity index (χ0) is 35.9. The number of hydrogen-bond donors (Lipinski definition) is 3. The van der Waals surface area contributed by atoms with Crippen LogP contribution in [0.1, 0.15) is 46.3 Å². The van der Waals surface area contributed by atoms with E-state index in [-0.39, 0.29) is 18.2 Å². The minimum absolute atomic E-state index is 0.197. The molecule has 3 aliphatic rings. The van der Waals surface area contributed by atoms with E-state index >= 15 is 0 Å². The Balaban J connectivity index is 0.802. The lowest BCUT2D eigenvalue weighted by atomic mass is 9.98. The maximum absolute atomic E-state index is 13.0. The van der Waals surface area contributed by atoms with E-state index in [0.29, 0.717) is 71.3 Å². The van der Waals surface area contributed by atoms with Gasteiger partial charge in [-0.1, -0.05) is 29.4 Å². The third kappa shape index (κ3) is 7.73. The van der Waals surface area contributed by atoms with Crippen molar-refractivity contribution in [3.8, 4) is 22.4 Å². The summed E-state index contributed by atoms with van der Waals surface area (Å²) in [4.78, 5) is 42.6. The van der Waals surface area contributed by atoms with Crippen molar-refractivity contribution in [2.75, 3.05) is 51.5 Å². The van der Waals surface area contributed by atoms with Crippen LogP contribution in [0.5, 0.6) is 0 Å². The summed E-state index contributed by atoms with van der Waals surface area (Å²) in [6.45, 7) is 4.11. The number of ether oxygens (including phenoxy) is 3. The molecule has 2 aromatic carbocycles. The number of imide groups is 1. The second-order valence-electron chi connectivity index (χ2n) is 12.8. The van der Waals surface area contributed by atoms with Crippen molar-refractivity contribution < 1.29 is 33.8 Å². The van der Waals surface area contributed by atoms with Gasteiger partial charge in [-0.3, -0.25) is 29.4 Å². The topological polar surface area (TPSA) is 170 Å². The Morgan fingerprint density at radius 3 is 2.44 bits per heavy atom. The van der Waals surface area contributed by atoms with Gasteiger partial charge >= 0.3 is 0 Å². The Labute approximate surface area is 300 Å². The zero-order valence-electron chi connectivity index (χ0n) is 28.8. The van der Waals surface area contributed by atoms with Crippen LogP contribution in [0.2, 0.25) is 0 Å². The van der Waals surface area contributed by atoms with E-state index in [1.54, 1.807) is 23.4 Å². The molecule has 14 heteroatoms. The zero-order valence-corrected chi connectivity index (χ0v) is 28.8. The summed E-state index contributed by atoms with van der Waals surface area (Å²) in [5.41, 5.74) is 9.05. The fraction of sp³-hybridized carbons (Fsp3) is 0.368. The molecule has 1 atom stereocenters. The van der Waals surface area contributed by atoms with Crippen LogP contribution in [-0.2, 0) is 43.3 Å². The molecule has 14 nitrogen and oxygen atoms in total. The average molecular weight is 708 g/mol.